The Morgan fingerprint density at radius 1 is 1.03 bits per heavy atom. The van der Waals surface area contributed by atoms with E-state index in [1.54, 1.807) is 4.57 Å². The molecule has 1 aliphatic rings. The van der Waals surface area contributed by atoms with Gasteiger partial charge in [-0.15, -0.1) is 0 Å². The molecule has 5 nitrogen and oxygen atoms in total. The van der Waals surface area contributed by atoms with Gasteiger partial charge in [0.1, 0.15) is 0 Å². The van der Waals surface area contributed by atoms with Gasteiger partial charge in [-0.25, -0.2) is 4.98 Å². The lowest BCUT2D eigenvalue weighted by atomic mass is 10.1. The lowest BCUT2D eigenvalue weighted by Crippen LogP contribution is -2.38. The van der Waals surface area contributed by atoms with E-state index in [0.717, 1.165) is 42.9 Å². The van der Waals surface area contributed by atoms with Crippen molar-refractivity contribution >= 4 is 5.95 Å². The zero-order valence-electron chi connectivity index (χ0n) is 19.5. The van der Waals surface area contributed by atoms with Gasteiger partial charge in [0.05, 0.1) is 16.8 Å². The Bertz CT molecular complexity index is 1180. The third kappa shape index (κ3) is 5.50. The van der Waals surface area contributed by atoms with Crippen LogP contribution in [0.25, 0.3) is 0 Å². The molecule has 2 aromatic carbocycles. The zero-order chi connectivity index (χ0) is 24.3. The van der Waals surface area contributed by atoms with Crippen molar-refractivity contribution in [2.75, 3.05) is 11.9 Å². The van der Waals surface area contributed by atoms with Crippen LogP contribution in [0.2, 0.25) is 0 Å². The number of hydrogen-bond acceptors (Lipinski definition) is 4. The van der Waals surface area contributed by atoms with E-state index in [-0.39, 0.29) is 12.1 Å². The molecule has 2 heterocycles. The van der Waals surface area contributed by atoms with Crippen molar-refractivity contribution in [2.45, 2.75) is 59.0 Å². The molecule has 0 saturated heterocycles. The van der Waals surface area contributed by atoms with Gasteiger partial charge in [0.15, 0.2) is 0 Å². The maximum absolute atomic E-state index is 13.4. The van der Waals surface area contributed by atoms with Crippen molar-refractivity contribution in [2.24, 2.45) is 0 Å². The van der Waals surface area contributed by atoms with Crippen molar-refractivity contribution in [3.63, 3.8) is 0 Å². The van der Waals surface area contributed by atoms with E-state index >= 15 is 0 Å². The second-order valence-electron chi connectivity index (χ2n) is 8.81. The Balaban J connectivity index is 1.52. The number of nitrogens with zero attached hydrogens (tertiary/aromatic N) is 3. The largest absolute Gasteiger partial charge is 0.416 e. The predicted octanol–water partition coefficient (Wildman–Crippen LogP) is 5.15. The average Bonchev–Trinajstić information content (AvgIpc) is 2.81. The van der Waals surface area contributed by atoms with E-state index in [2.05, 4.69) is 41.4 Å². The molecule has 0 fully saturated rings. The van der Waals surface area contributed by atoms with Crippen LogP contribution in [0.1, 0.15) is 46.9 Å². The lowest BCUT2D eigenvalue weighted by molar-refractivity contribution is -0.137. The van der Waals surface area contributed by atoms with E-state index in [0.29, 0.717) is 31.0 Å². The Hall–Kier alpha value is -3.13. The number of fused-ring (bicyclic) bond motifs is 1. The topological polar surface area (TPSA) is 50.2 Å². The standard InChI is InChI=1S/C26H29F3N4O/c1-3-13-33-24(34)22-17-32(16-20-6-4-18(2)5-7-20)14-12-23(22)31-25(33)30-15-19-8-10-21(11-9-19)26(27,28)29/h4-11H,3,12-17H2,1-2H3,(H,30,31). The van der Waals surface area contributed by atoms with E-state index in [1.165, 1.54) is 23.3 Å². The van der Waals surface area contributed by atoms with Crippen molar-refractivity contribution in [3.8, 4) is 0 Å². The second-order valence-corrected chi connectivity index (χ2v) is 8.81. The third-order valence-electron chi connectivity index (χ3n) is 6.10. The first-order valence-corrected chi connectivity index (χ1v) is 11.5. The Morgan fingerprint density at radius 3 is 2.35 bits per heavy atom. The summed E-state index contributed by atoms with van der Waals surface area (Å²) in [4.78, 5) is 20.4. The van der Waals surface area contributed by atoms with Crippen LogP contribution in [0.15, 0.2) is 53.3 Å². The van der Waals surface area contributed by atoms with Crippen LogP contribution in [-0.2, 0) is 38.8 Å². The summed E-state index contributed by atoms with van der Waals surface area (Å²) in [6.07, 6.45) is -2.91. The summed E-state index contributed by atoms with van der Waals surface area (Å²) < 4.78 is 40.1. The minimum Gasteiger partial charge on any atom is -0.351 e. The Kier molecular flexibility index (Phi) is 7.07. The van der Waals surface area contributed by atoms with E-state index < -0.39 is 11.7 Å². The molecule has 8 heteroatoms. The highest BCUT2D eigenvalue weighted by molar-refractivity contribution is 5.35. The first-order chi connectivity index (χ1) is 16.2. The molecule has 1 aliphatic heterocycles. The molecule has 0 unspecified atom stereocenters. The second kappa shape index (κ2) is 10.0. The summed E-state index contributed by atoms with van der Waals surface area (Å²) in [5.41, 5.74) is 3.92. The highest BCUT2D eigenvalue weighted by atomic mass is 19.4. The fraction of sp³-hybridized carbons (Fsp3) is 0.385. The number of alkyl halides is 3. The van der Waals surface area contributed by atoms with Gasteiger partial charge in [0.2, 0.25) is 5.95 Å². The minimum absolute atomic E-state index is 0.0459. The summed E-state index contributed by atoms with van der Waals surface area (Å²) in [5, 5.41) is 3.18. The van der Waals surface area contributed by atoms with Gasteiger partial charge in [-0.2, -0.15) is 13.2 Å². The Morgan fingerprint density at radius 2 is 1.71 bits per heavy atom. The number of anilines is 1. The monoisotopic (exact) mass is 470 g/mol. The quantitative estimate of drug-likeness (QED) is 0.519. The molecule has 0 amide bonds. The van der Waals surface area contributed by atoms with Gasteiger partial charge in [-0.3, -0.25) is 14.3 Å². The number of aromatic nitrogens is 2. The molecule has 0 aliphatic carbocycles. The molecule has 3 aromatic rings. The predicted molar refractivity (Wildman–Crippen MR) is 127 cm³/mol. The number of aryl methyl sites for hydroxylation is 1. The maximum Gasteiger partial charge on any atom is 0.416 e. The van der Waals surface area contributed by atoms with Crippen LogP contribution in [0.4, 0.5) is 19.1 Å². The van der Waals surface area contributed by atoms with Gasteiger partial charge >= 0.3 is 6.18 Å². The molecular weight excluding hydrogens is 441 g/mol. The molecule has 4 rings (SSSR count). The highest BCUT2D eigenvalue weighted by Gasteiger charge is 2.30. The Labute approximate surface area is 197 Å². The van der Waals surface area contributed by atoms with E-state index in [9.17, 15) is 18.0 Å². The lowest BCUT2D eigenvalue weighted by Gasteiger charge is -2.29. The van der Waals surface area contributed by atoms with Gasteiger partial charge < -0.3 is 5.32 Å². The number of hydrogen-bond donors (Lipinski definition) is 1. The fourth-order valence-corrected chi connectivity index (χ4v) is 4.22. The summed E-state index contributed by atoms with van der Waals surface area (Å²) in [6.45, 7) is 7.00. The molecule has 0 saturated carbocycles. The number of halogens is 3. The average molecular weight is 471 g/mol. The van der Waals surface area contributed by atoms with Gasteiger partial charge in [-0.05, 0) is 36.6 Å². The molecular formula is C26H29F3N4O. The summed E-state index contributed by atoms with van der Waals surface area (Å²) in [5.74, 6) is 0.470. The normalized spacial score (nSPS) is 14.1. The third-order valence-corrected chi connectivity index (χ3v) is 6.10. The van der Waals surface area contributed by atoms with Crippen molar-refractivity contribution < 1.29 is 13.2 Å². The first kappa shape index (κ1) is 24.0. The van der Waals surface area contributed by atoms with Gasteiger partial charge in [-0.1, -0.05) is 48.9 Å². The molecule has 1 aromatic heterocycles. The molecule has 0 spiro atoms. The zero-order valence-corrected chi connectivity index (χ0v) is 19.5. The SMILES string of the molecule is CCCn1c(NCc2ccc(C(F)(F)F)cc2)nc2c(c1=O)CN(Cc1ccc(C)cc1)CC2. The highest BCUT2D eigenvalue weighted by Crippen LogP contribution is 2.29. The van der Waals surface area contributed by atoms with Crippen LogP contribution < -0.4 is 10.9 Å². The smallest absolute Gasteiger partial charge is 0.351 e. The molecule has 180 valence electrons. The number of benzene rings is 2. The first-order valence-electron chi connectivity index (χ1n) is 11.5. The molecule has 0 atom stereocenters. The summed E-state index contributed by atoms with van der Waals surface area (Å²) >= 11 is 0. The minimum atomic E-state index is -4.36. The molecule has 1 N–H and O–H groups in total. The number of nitrogens with one attached hydrogen (secondary N) is 1. The summed E-state index contributed by atoms with van der Waals surface area (Å²) in [6, 6.07) is 13.5. The molecule has 0 bridgehead atoms. The maximum atomic E-state index is 13.4. The number of rotatable bonds is 7. The molecule has 34 heavy (non-hydrogen) atoms. The van der Waals surface area contributed by atoms with Crippen LogP contribution in [-0.4, -0.2) is 21.0 Å². The molecule has 0 radical (unpaired) electrons. The van der Waals surface area contributed by atoms with Crippen molar-refractivity contribution in [1.82, 2.24) is 14.5 Å². The van der Waals surface area contributed by atoms with Gasteiger partial charge in [0.25, 0.3) is 5.56 Å². The fourth-order valence-electron chi connectivity index (χ4n) is 4.22. The van der Waals surface area contributed by atoms with Gasteiger partial charge in [0, 0.05) is 39.1 Å². The van der Waals surface area contributed by atoms with Crippen LogP contribution in [0.5, 0.6) is 0 Å². The van der Waals surface area contributed by atoms with Crippen LogP contribution in [0.3, 0.4) is 0 Å². The van der Waals surface area contributed by atoms with E-state index in [1.807, 2.05) is 6.92 Å². The van der Waals surface area contributed by atoms with E-state index in [4.69, 9.17) is 4.98 Å². The summed E-state index contributed by atoms with van der Waals surface area (Å²) in [7, 11) is 0. The van der Waals surface area contributed by atoms with Crippen molar-refractivity contribution in [3.05, 3.63) is 92.4 Å². The van der Waals surface area contributed by atoms with Crippen molar-refractivity contribution in [1.29, 1.82) is 0 Å². The van der Waals surface area contributed by atoms with Crippen LogP contribution >= 0.6 is 0 Å². The van der Waals surface area contributed by atoms with Crippen LogP contribution in [0, 0.1) is 6.92 Å².